The fourth-order valence-corrected chi connectivity index (χ4v) is 4.05. The summed E-state index contributed by atoms with van der Waals surface area (Å²) >= 11 is 0. The summed E-state index contributed by atoms with van der Waals surface area (Å²) in [5, 5.41) is 12.6. The summed E-state index contributed by atoms with van der Waals surface area (Å²) in [6.45, 7) is 3.29. The predicted octanol–water partition coefficient (Wildman–Crippen LogP) is 4.63. The van der Waals surface area contributed by atoms with E-state index in [1.54, 1.807) is 26.0 Å². The van der Waals surface area contributed by atoms with Gasteiger partial charge in [0.25, 0.3) is 0 Å². The number of amides is 1. The number of hydrogen-bond donors (Lipinski definition) is 3. The number of aliphatic hydroxyl groups is 1. The van der Waals surface area contributed by atoms with E-state index >= 15 is 0 Å². The van der Waals surface area contributed by atoms with Gasteiger partial charge in [-0.2, -0.15) is 0 Å². The first-order valence-corrected chi connectivity index (χ1v) is 9.88. The quantitative estimate of drug-likeness (QED) is 0.568. The first kappa shape index (κ1) is 20.5. The van der Waals surface area contributed by atoms with Gasteiger partial charge in [0.05, 0.1) is 23.4 Å². The minimum absolute atomic E-state index is 0.0759. The van der Waals surface area contributed by atoms with Gasteiger partial charge >= 0.3 is 0 Å². The molecule has 0 saturated heterocycles. The third kappa shape index (κ3) is 3.69. The second kappa shape index (κ2) is 7.47. The predicted molar refractivity (Wildman–Crippen MR) is 108 cm³/mol. The first-order valence-electron chi connectivity index (χ1n) is 9.88. The Kier molecular flexibility index (Phi) is 5.10. The lowest BCUT2D eigenvalue weighted by Gasteiger charge is -2.37. The van der Waals surface area contributed by atoms with E-state index < -0.39 is 17.2 Å². The molecule has 1 aromatic heterocycles. The van der Waals surface area contributed by atoms with Gasteiger partial charge < -0.3 is 15.4 Å². The van der Waals surface area contributed by atoms with Crippen molar-refractivity contribution in [3.05, 3.63) is 59.4 Å². The van der Waals surface area contributed by atoms with Crippen molar-refractivity contribution in [3.8, 4) is 11.3 Å². The van der Waals surface area contributed by atoms with Gasteiger partial charge in [-0.3, -0.25) is 4.79 Å². The topological polar surface area (TPSA) is 65.1 Å². The number of hydrogen-bond acceptors (Lipinski definition) is 2. The van der Waals surface area contributed by atoms with Crippen LogP contribution in [-0.4, -0.2) is 28.1 Å². The van der Waals surface area contributed by atoms with E-state index in [1.165, 1.54) is 18.2 Å². The average molecular weight is 416 g/mol. The van der Waals surface area contributed by atoms with Gasteiger partial charge in [-0.05, 0) is 74.1 Å². The molecule has 4 nitrogen and oxygen atoms in total. The summed E-state index contributed by atoms with van der Waals surface area (Å²) in [5.74, 6) is -2.23. The number of fused-ring (bicyclic) bond motifs is 1. The summed E-state index contributed by atoms with van der Waals surface area (Å²) in [4.78, 5) is 15.5. The van der Waals surface area contributed by atoms with Crippen molar-refractivity contribution in [1.29, 1.82) is 0 Å². The van der Waals surface area contributed by atoms with Crippen LogP contribution in [-0.2, 0) is 4.79 Å². The maximum atomic E-state index is 14.4. The molecule has 2 aromatic carbocycles. The number of aromatic amines is 1. The van der Waals surface area contributed by atoms with E-state index in [4.69, 9.17) is 0 Å². The SMILES string of the molecule is CC(C)(CO)NC(=O)[C@H]1C[C@@H](c2c(-c3ccc(F)cc3)[nH]c3c(F)cc(F)cc32)C1. The van der Waals surface area contributed by atoms with Crippen LogP contribution in [0.3, 0.4) is 0 Å². The molecule has 1 saturated carbocycles. The van der Waals surface area contributed by atoms with E-state index in [1.807, 2.05) is 0 Å². The first-order chi connectivity index (χ1) is 14.2. The molecule has 1 heterocycles. The van der Waals surface area contributed by atoms with Gasteiger partial charge in [0.2, 0.25) is 5.91 Å². The van der Waals surface area contributed by atoms with E-state index in [-0.39, 0.29) is 35.7 Å². The fraction of sp³-hybridized carbons (Fsp3) is 0.348. The molecule has 0 atom stereocenters. The Labute approximate surface area is 172 Å². The Balaban J connectivity index is 1.69. The molecule has 0 unspecified atom stereocenters. The number of carbonyl (C=O) groups is 1. The van der Waals surface area contributed by atoms with Crippen LogP contribution >= 0.6 is 0 Å². The van der Waals surface area contributed by atoms with Crippen LogP contribution in [0.4, 0.5) is 13.2 Å². The summed E-state index contributed by atoms with van der Waals surface area (Å²) in [5.41, 5.74) is 1.49. The van der Waals surface area contributed by atoms with Crippen LogP contribution in [0.15, 0.2) is 36.4 Å². The Morgan fingerprint density at radius 2 is 1.80 bits per heavy atom. The number of benzene rings is 2. The molecule has 0 radical (unpaired) electrons. The Bertz CT molecular complexity index is 1100. The average Bonchev–Trinajstić information content (AvgIpc) is 3.00. The Morgan fingerprint density at radius 3 is 2.43 bits per heavy atom. The highest BCUT2D eigenvalue weighted by atomic mass is 19.1. The van der Waals surface area contributed by atoms with Gasteiger partial charge in [0.15, 0.2) is 0 Å². The molecule has 1 fully saturated rings. The molecule has 7 heteroatoms. The van der Waals surface area contributed by atoms with Crippen molar-refractivity contribution < 1.29 is 23.1 Å². The molecule has 1 aliphatic rings. The molecule has 1 aliphatic carbocycles. The standard InChI is InChI=1S/C23H23F3N2O2/c1-23(2,11-29)28-22(30)14-7-13(8-14)19-17-9-16(25)10-18(26)21(17)27-20(19)12-3-5-15(24)6-4-12/h3-6,9-10,13-14,27,29H,7-8,11H2,1-2H3,(H,28,30)/t13-,14+. The number of nitrogens with one attached hydrogen (secondary N) is 2. The van der Waals surface area contributed by atoms with Gasteiger partial charge in [0, 0.05) is 17.4 Å². The van der Waals surface area contributed by atoms with Gasteiger partial charge in [0.1, 0.15) is 17.5 Å². The smallest absolute Gasteiger partial charge is 0.223 e. The maximum Gasteiger partial charge on any atom is 0.223 e. The second-order valence-corrected chi connectivity index (χ2v) is 8.63. The monoisotopic (exact) mass is 416 g/mol. The number of carbonyl (C=O) groups excluding carboxylic acids is 1. The van der Waals surface area contributed by atoms with Crippen LogP contribution in [0, 0.1) is 23.4 Å². The van der Waals surface area contributed by atoms with Gasteiger partial charge in [-0.1, -0.05) is 0 Å². The highest BCUT2D eigenvalue weighted by Crippen LogP contribution is 2.48. The fourth-order valence-electron chi connectivity index (χ4n) is 4.05. The van der Waals surface area contributed by atoms with Crippen LogP contribution < -0.4 is 5.32 Å². The van der Waals surface area contributed by atoms with Crippen LogP contribution in [0.1, 0.15) is 38.2 Å². The normalized spacial score (nSPS) is 19.0. The molecule has 0 bridgehead atoms. The number of aromatic nitrogens is 1. The molecular weight excluding hydrogens is 393 g/mol. The van der Waals surface area contributed by atoms with Crippen LogP contribution in [0.25, 0.3) is 22.2 Å². The number of halogens is 3. The van der Waals surface area contributed by atoms with E-state index in [9.17, 15) is 23.1 Å². The molecular formula is C23H23F3N2O2. The summed E-state index contributed by atoms with van der Waals surface area (Å²) in [6.07, 6.45) is 1.04. The molecule has 0 aliphatic heterocycles. The largest absolute Gasteiger partial charge is 0.394 e. The third-order valence-electron chi connectivity index (χ3n) is 5.77. The maximum absolute atomic E-state index is 14.4. The lowest BCUT2D eigenvalue weighted by atomic mass is 9.69. The van der Waals surface area contributed by atoms with E-state index in [2.05, 4.69) is 10.3 Å². The zero-order valence-corrected chi connectivity index (χ0v) is 16.7. The third-order valence-corrected chi connectivity index (χ3v) is 5.77. The molecule has 158 valence electrons. The molecule has 30 heavy (non-hydrogen) atoms. The van der Waals surface area contributed by atoms with E-state index in [0.717, 1.165) is 11.6 Å². The van der Waals surface area contributed by atoms with Gasteiger partial charge in [-0.25, -0.2) is 13.2 Å². The van der Waals surface area contributed by atoms with Crippen molar-refractivity contribution in [2.75, 3.05) is 6.61 Å². The van der Waals surface area contributed by atoms with Crippen molar-refractivity contribution in [2.24, 2.45) is 5.92 Å². The van der Waals surface area contributed by atoms with Crippen molar-refractivity contribution >= 4 is 16.8 Å². The molecule has 1 amide bonds. The van der Waals surface area contributed by atoms with Crippen LogP contribution in [0.5, 0.6) is 0 Å². The van der Waals surface area contributed by atoms with E-state index in [0.29, 0.717) is 29.5 Å². The molecule has 0 spiro atoms. The van der Waals surface area contributed by atoms with Crippen molar-refractivity contribution in [2.45, 2.75) is 38.1 Å². The lowest BCUT2D eigenvalue weighted by Crippen LogP contribution is -2.50. The highest BCUT2D eigenvalue weighted by molar-refractivity contribution is 5.92. The summed E-state index contributed by atoms with van der Waals surface area (Å²) in [6, 6.07) is 7.92. The van der Waals surface area contributed by atoms with Gasteiger partial charge in [-0.15, -0.1) is 0 Å². The highest BCUT2D eigenvalue weighted by Gasteiger charge is 2.39. The minimum atomic E-state index is -0.714. The van der Waals surface area contributed by atoms with Crippen molar-refractivity contribution in [1.82, 2.24) is 10.3 Å². The minimum Gasteiger partial charge on any atom is -0.394 e. The summed E-state index contributed by atoms with van der Waals surface area (Å²) in [7, 11) is 0. The summed E-state index contributed by atoms with van der Waals surface area (Å²) < 4.78 is 41.8. The van der Waals surface area contributed by atoms with Crippen molar-refractivity contribution in [3.63, 3.8) is 0 Å². The lowest BCUT2D eigenvalue weighted by molar-refractivity contribution is -0.130. The number of rotatable bonds is 5. The zero-order chi connectivity index (χ0) is 21.6. The zero-order valence-electron chi connectivity index (χ0n) is 16.7. The number of aliphatic hydroxyl groups excluding tert-OH is 1. The van der Waals surface area contributed by atoms with Crippen LogP contribution in [0.2, 0.25) is 0 Å². The second-order valence-electron chi connectivity index (χ2n) is 8.63. The molecule has 4 rings (SSSR count). The molecule has 3 aromatic rings. The molecule has 3 N–H and O–H groups in total. The Morgan fingerprint density at radius 1 is 1.13 bits per heavy atom. The number of H-pyrrole nitrogens is 1. The Hall–Kier alpha value is -2.80.